The van der Waals surface area contributed by atoms with Gasteiger partial charge >= 0.3 is 0 Å². The van der Waals surface area contributed by atoms with E-state index in [9.17, 15) is 9.59 Å². The molecule has 1 saturated heterocycles. The molecule has 3 N–H and O–H groups in total. The molecule has 0 saturated carbocycles. The van der Waals surface area contributed by atoms with Crippen LogP contribution in [-0.2, 0) is 19.9 Å². The van der Waals surface area contributed by atoms with E-state index in [0.717, 1.165) is 10.0 Å². The summed E-state index contributed by atoms with van der Waals surface area (Å²) in [6.45, 7) is 4.92. The third-order valence-corrected chi connectivity index (χ3v) is 4.42. The number of benzene rings is 1. The number of rotatable bonds is 4. The molecule has 0 spiro atoms. The maximum atomic E-state index is 12.8. The fourth-order valence-electron chi connectivity index (χ4n) is 2.53. The fourth-order valence-corrected chi connectivity index (χ4v) is 2.80. The number of hydrogen-bond acceptors (Lipinski definition) is 4. The smallest absolute Gasteiger partial charge is 0.247 e. The van der Waals surface area contributed by atoms with Crippen molar-refractivity contribution in [1.82, 2.24) is 10.2 Å². The van der Waals surface area contributed by atoms with Gasteiger partial charge in [0.2, 0.25) is 11.8 Å². The van der Waals surface area contributed by atoms with E-state index in [1.54, 1.807) is 11.8 Å². The zero-order valence-electron chi connectivity index (χ0n) is 13.3. The van der Waals surface area contributed by atoms with Crippen molar-refractivity contribution in [2.75, 3.05) is 26.2 Å². The van der Waals surface area contributed by atoms with Gasteiger partial charge < -0.3 is 20.7 Å². The summed E-state index contributed by atoms with van der Waals surface area (Å²) in [7, 11) is 0. The Bertz CT molecular complexity index is 574. The van der Waals surface area contributed by atoms with Crippen LogP contribution in [0.4, 0.5) is 0 Å². The topological polar surface area (TPSA) is 84.7 Å². The van der Waals surface area contributed by atoms with Crippen LogP contribution in [0.2, 0.25) is 0 Å². The quantitative estimate of drug-likeness (QED) is 0.811. The average molecular weight is 384 g/mol. The van der Waals surface area contributed by atoms with Crippen molar-refractivity contribution in [3.8, 4) is 0 Å². The number of carbonyl (C=O) groups is 2. The second kappa shape index (κ2) is 7.42. The molecular formula is C16H22BrN3O3. The molecule has 2 unspecified atom stereocenters. The molecule has 2 atom stereocenters. The van der Waals surface area contributed by atoms with Crippen molar-refractivity contribution < 1.29 is 14.3 Å². The lowest BCUT2D eigenvalue weighted by atomic mass is 9.91. The highest BCUT2D eigenvalue weighted by Gasteiger charge is 2.36. The highest BCUT2D eigenvalue weighted by atomic mass is 79.9. The monoisotopic (exact) mass is 383 g/mol. The molecule has 1 aromatic carbocycles. The van der Waals surface area contributed by atoms with Gasteiger partial charge in [0.1, 0.15) is 5.54 Å². The molecule has 0 aliphatic carbocycles. The van der Waals surface area contributed by atoms with E-state index in [-0.39, 0.29) is 17.9 Å². The summed E-state index contributed by atoms with van der Waals surface area (Å²) < 4.78 is 6.52. The first-order chi connectivity index (χ1) is 10.8. The van der Waals surface area contributed by atoms with Gasteiger partial charge in [0.25, 0.3) is 0 Å². The van der Waals surface area contributed by atoms with Crippen molar-refractivity contribution >= 4 is 27.7 Å². The fraction of sp³-hybridized carbons (Fsp3) is 0.500. The van der Waals surface area contributed by atoms with Crippen LogP contribution in [0.15, 0.2) is 28.7 Å². The molecule has 23 heavy (non-hydrogen) atoms. The van der Waals surface area contributed by atoms with Crippen LogP contribution in [0.3, 0.4) is 0 Å². The van der Waals surface area contributed by atoms with Crippen molar-refractivity contribution in [3.05, 3.63) is 34.3 Å². The molecule has 1 heterocycles. The normalized spacial score (nSPS) is 20.7. The summed E-state index contributed by atoms with van der Waals surface area (Å²) in [6.07, 6.45) is -0.211. The van der Waals surface area contributed by atoms with Crippen molar-refractivity contribution in [3.63, 3.8) is 0 Å². The molecule has 126 valence electrons. The lowest BCUT2D eigenvalue weighted by molar-refractivity contribution is -0.144. The second-order valence-electron chi connectivity index (χ2n) is 5.89. The van der Waals surface area contributed by atoms with Gasteiger partial charge in [0.15, 0.2) is 0 Å². The summed E-state index contributed by atoms with van der Waals surface area (Å²) in [5.41, 5.74) is 5.97. The van der Waals surface area contributed by atoms with Crippen LogP contribution in [0.5, 0.6) is 0 Å². The number of amides is 2. The maximum Gasteiger partial charge on any atom is 0.247 e. The standard InChI is InChI=1S/C16H22BrN3O3/c1-11(21)19-9-14-10-20(7-8-23-14)15(22)16(2,18)12-3-5-13(17)6-4-12/h3-6,14H,7-10,18H2,1-2H3,(H,19,21). The number of ether oxygens (including phenoxy) is 1. The summed E-state index contributed by atoms with van der Waals surface area (Å²) in [5, 5.41) is 2.71. The Morgan fingerprint density at radius 2 is 2.09 bits per heavy atom. The highest BCUT2D eigenvalue weighted by molar-refractivity contribution is 9.10. The van der Waals surface area contributed by atoms with Gasteiger partial charge in [0.05, 0.1) is 12.7 Å². The van der Waals surface area contributed by atoms with Gasteiger partial charge in [-0.2, -0.15) is 0 Å². The molecule has 6 nitrogen and oxygen atoms in total. The predicted octanol–water partition coefficient (Wildman–Crippen LogP) is 0.987. The second-order valence-corrected chi connectivity index (χ2v) is 6.81. The number of nitrogens with two attached hydrogens (primary N) is 1. The Labute approximate surface area is 144 Å². The van der Waals surface area contributed by atoms with Crippen LogP contribution < -0.4 is 11.1 Å². The molecule has 1 fully saturated rings. The van der Waals surface area contributed by atoms with E-state index >= 15 is 0 Å². The first-order valence-corrected chi connectivity index (χ1v) is 8.30. The SMILES string of the molecule is CC(=O)NCC1CN(C(=O)C(C)(N)c2ccc(Br)cc2)CCO1. The number of carbonyl (C=O) groups excluding carboxylic acids is 2. The van der Waals surface area contributed by atoms with Gasteiger partial charge in [-0.3, -0.25) is 9.59 Å². The van der Waals surface area contributed by atoms with E-state index < -0.39 is 5.54 Å². The minimum Gasteiger partial charge on any atom is -0.373 e. The molecule has 1 aliphatic rings. The average Bonchev–Trinajstić information content (AvgIpc) is 2.53. The van der Waals surface area contributed by atoms with Gasteiger partial charge in [-0.05, 0) is 24.6 Å². The summed E-state index contributed by atoms with van der Waals surface area (Å²) in [5.74, 6) is -0.258. The molecule has 1 aliphatic heterocycles. The molecule has 7 heteroatoms. The minimum absolute atomic E-state index is 0.115. The molecular weight excluding hydrogens is 362 g/mol. The maximum absolute atomic E-state index is 12.8. The molecule has 2 rings (SSSR count). The Morgan fingerprint density at radius 3 is 2.70 bits per heavy atom. The Balaban J connectivity index is 2.05. The lowest BCUT2D eigenvalue weighted by Crippen LogP contribution is -2.57. The Kier molecular flexibility index (Phi) is 5.78. The summed E-state index contributed by atoms with van der Waals surface area (Å²) >= 11 is 3.38. The third kappa shape index (κ3) is 4.53. The molecule has 0 radical (unpaired) electrons. The van der Waals surface area contributed by atoms with Gasteiger partial charge in [-0.15, -0.1) is 0 Å². The number of nitrogens with one attached hydrogen (secondary N) is 1. The summed E-state index contributed by atoms with van der Waals surface area (Å²) in [4.78, 5) is 25.5. The van der Waals surface area contributed by atoms with Crippen LogP contribution >= 0.6 is 15.9 Å². The molecule has 1 aromatic rings. The lowest BCUT2D eigenvalue weighted by Gasteiger charge is -2.37. The number of hydrogen-bond donors (Lipinski definition) is 2. The van der Waals surface area contributed by atoms with Gasteiger partial charge in [-0.1, -0.05) is 28.1 Å². The number of morpholine rings is 1. The first kappa shape index (κ1) is 17.9. The van der Waals surface area contributed by atoms with Crippen LogP contribution in [0, 0.1) is 0 Å². The molecule has 0 bridgehead atoms. The van der Waals surface area contributed by atoms with Crippen molar-refractivity contribution in [2.24, 2.45) is 5.73 Å². The Hall–Kier alpha value is -1.44. The van der Waals surface area contributed by atoms with E-state index in [0.29, 0.717) is 26.2 Å². The van der Waals surface area contributed by atoms with E-state index in [4.69, 9.17) is 10.5 Å². The number of halogens is 1. The van der Waals surface area contributed by atoms with Crippen LogP contribution in [0.1, 0.15) is 19.4 Å². The zero-order valence-corrected chi connectivity index (χ0v) is 14.9. The zero-order chi connectivity index (χ0) is 17.0. The van der Waals surface area contributed by atoms with Crippen molar-refractivity contribution in [1.29, 1.82) is 0 Å². The van der Waals surface area contributed by atoms with E-state index in [1.165, 1.54) is 6.92 Å². The minimum atomic E-state index is -1.10. The van der Waals surface area contributed by atoms with Gasteiger partial charge in [0, 0.05) is 31.0 Å². The predicted molar refractivity (Wildman–Crippen MR) is 90.7 cm³/mol. The molecule has 0 aromatic heterocycles. The third-order valence-electron chi connectivity index (χ3n) is 3.89. The van der Waals surface area contributed by atoms with Crippen LogP contribution in [-0.4, -0.2) is 49.1 Å². The summed E-state index contributed by atoms with van der Waals surface area (Å²) in [6, 6.07) is 7.42. The first-order valence-electron chi connectivity index (χ1n) is 7.51. The van der Waals surface area contributed by atoms with E-state index in [1.807, 2.05) is 24.3 Å². The highest BCUT2D eigenvalue weighted by Crippen LogP contribution is 2.23. The van der Waals surface area contributed by atoms with E-state index in [2.05, 4.69) is 21.2 Å². The Morgan fingerprint density at radius 1 is 1.43 bits per heavy atom. The van der Waals surface area contributed by atoms with Crippen LogP contribution in [0.25, 0.3) is 0 Å². The molecule has 2 amide bonds. The van der Waals surface area contributed by atoms with Crippen molar-refractivity contribution in [2.45, 2.75) is 25.5 Å². The number of nitrogens with zero attached hydrogens (tertiary/aromatic N) is 1. The van der Waals surface area contributed by atoms with Gasteiger partial charge in [-0.25, -0.2) is 0 Å². The largest absolute Gasteiger partial charge is 0.373 e.